The quantitative estimate of drug-likeness (QED) is 0.365. The molecule has 9 heteroatoms. The molecule has 162 valence electrons. The molecule has 29 heavy (non-hydrogen) atoms. The SMILES string of the molecule is CC(=O)OC1(C)C(=O)OCC2=CCN3CCC(OC(=O)C(O)(C(C)O)CC1C)C23. The zero-order valence-corrected chi connectivity index (χ0v) is 17.2. The molecule has 0 aliphatic carbocycles. The topological polar surface area (TPSA) is 123 Å². The van der Waals surface area contributed by atoms with Gasteiger partial charge in [0.2, 0.25) is 5.60 Å². The van der Waals surface area contributed by atoms with Crippen LogP contribution in [0, 0.1) is 5.92 Å². The Labute approximate surface area is 169 Å². The van der Waals surface area contributed by atoms with Crippen LogP contribution >= 0.6 is 0 Å². The van der Waals surface area contributed by atoms with Crippen LogP contribution in [0.2, 0.25) is 0 Å². The molecule has 2 saturated heterocycles. The Bertz CT molecular complexity index is 734. The van der Waals surface area contributed by atoms with Gasteiger partial charge in [-0.3, -0.25) is 9.69 Å². The van der Waals surface area contributed by atoms with E-state index in [-0.39, 0.29) is 19.1 Å². The van der Waals surface area contributed by atoms with Crippen LogP contribution in [0.5, 0.6) is 0 Å². The summed E-state index contributed by atoms with van der Waals surface area (Å²) in [5.41, 5.74) is -3.22. The van der Waals surface area contributed by atoms with Gasteiger partial charge in [0.05, 0.1) is 12.1 Å². The van der Waals surface area contributed by atoms with Gasteiger partial charge in [-0.15, -0.1) is 0 Å². The maximum absolute atomic E-state index is 12.9. The normalized spacial score (nSPS) is 39.4. The molecule has 0 bridgehead atoms. The third-order valence-electron chi connectivity index (χ3n) is 6.41. The first-order chi connectivity index (χ1) is 13.5. The third kappa shape index (κ3) is 3.78. The Morgan fingerprint density at radius 3 is 2.69 bits per heavy atom. The van der Waals surface area contributed by atoms with Gasteiger partial charge in [0.25, 0.3) is 0 Å². The van der Waals surface area contributed by atoms with Gasteiger partial charge in [-0.25, -0.2) is 9.59 Å². The minimum absolute atomic E-state index is 0.00169. The molecule has 6 atom stereocenters. The molecular formula is C20H29NO8. The van der Waals surface area contributed by atoms with Crippen molar-refractivity contribution in [3.05, 3.63) is 11.6 Å². The van der Waals surface area contributed by atoms with Crippen molar-refractivity contribution >= 4 is 17.9 Å². The fourth-order valence-electron chi connectivity index (χ4n) is 4.39. The second-order valence-corrected chi connectivity index (χ2v) is 8.43. The number of ether oxygens (including phenoxy) is 3. The Kier molecular flexibility index (Phi) is 5.77. The third-order valence-corrected chi connectivity index (χ3v) is 6.41. The number of hydrogen-bond acceptors (Lipinski definition) is 9. The zero-order valence-electron chi connectivity index (χ0n) is 17.2. The second kappa shape index (κ2) is 7.70. The maximum atomic E-state index is 12.9. The predicted molar refractivity (Wildman–Crippen MR) is 99.5 cm³/mol. The highest BCUT2D eigenvalue weighted by Crippen LogP contribution is 2.37. The van der Waals surface area contributed by atoms with Gasteiger partial charge in [0, 0.05) is 25.9 Å². The van der Waals surface area contributed by atoms with Crippen molar-refractivity contribution in [1.29, 1.82) is 0 Å². The number of carbonyl (C=O) groups excluding carboxylic acids is 3. The Balaban J connectivity index is 2.01. The van der Waals surface area contributed by atoms with Crippen LogP contribution < -0.4 is 0 Å². The Hall–Kier alpha value is -1.97. The highest BCUT2D eigenvalue weighted by Gasteiger charge is 2.54. The minimum Gasteiger partial charge on any atom is -0.458 e. The molecule has 0 aromatic heterocycles. The molecule has 0 radical (unpaired) electrons. The first-order valence-electron chi connectivity index (χ1n) is 9.90. The average Bonchev–Trinajstić information content (AvgIpc) is 3.20. The van der Waals surface area contributed by atoms with Crippen LogP contribution in [-0.2, 0) is 28.6 Å². The van der Waals surface area contributed by atoms with Crippen molar-refractivity contribution in [3.8, 4) is 0 Å². The lowest BCUT2D eigenvalue weighted by Gasteiger charge is -2.39. The first kappa shape index (κ1) is 21.7. The van der Waals surface area contributed by atoms with Crippen molar-refractivity contribution in [2.24, 2.45) is 5.92 Å². The van der Waals surface area contributed by atoms with Crippen LogP contribution in [0.1, 0.15) is 40.5 Å². The predicted octanol–water partition coefficient (Wildman–Crippen LogP) is -0.0708. The molecule has 0 amide bonds. The van der Waals surface area contributed by atoms with E-state index in [1.165, 1.54) is 13.8 Å². The number of hydrogen-bond donors (Lipinski definition) is 2. The lowest BCUT2D eigenvalue weighted by atomic mass is 9.78. The summed E-state index contributed by atoms with van der Waals surface area (Å²) >= 11 is 0. The Morgan fingerprint density at radius 1 is 1.38 bits per heavy atom. The molecule has 6 unspecified atom stereocenters. The first-order valence-corrected chi connectivity index (χ1v) is 9.90. The molecular weight excluding hydrogens is 382 g/mol. The summed E-state index contributed by atoms with van der Waals surface area (Å²) in [6, 6.07) is -0.248. The van der Waals surface area contributed by atoms with Crippen LogP contribution in [0.15, 0.2) is 11.6 Å². The van der Waals surface area contributed by atoms with Gasteiger partial charge in [0.15, 0.2) is 5.60 Å². The van der Waals surface area contributed by atoms with Gasteiger partial charge in [-0.2, -0.15) is 0 Å². The van der Waals surface area contributed by atoms with E-state index >= 15 is 0 Å². The summed E-state index contributed by atoms with van der Waals surface area (Å²) in [6.07, 6.45) is 0.186. The number of rotatable bonds is 2. The monoisotopic (exact) mass is 411 g/mol. The van der Waals surface area contributed by atoms with E-state index in [0.29, 0.717) is 19.5 Å². The van der Waals surface area contributed by atoms with Crippen LogP contribution in [-0.4, -0.2) is 82.2 Å². The standard InChI is InChI=1S/C20H29NO8/c1-11-9-20(26,12(2)22)18(25)28-15-6-8-21-7-5-14(16(15)21)10-27-17(24)19(11,4)29-13(3)23/h5,11-12,15-16,22,26H,6-10H2,1-4H3. The van der Waals surface area contributed by atoms with Gasteiger partial charge in [-0.1, -0.05) is 13.0 Å². The lowest BCUT2D eigenvalue weighted by Crippen LogP contribution is -2.56. The van der Waals surface area contributed by atoms with Gasteiger partial charge >= 0.3 is 17.9 Å². The second-order valence-electron chi connectivity index (χ2n) is 8.43. The van der Waals surface area contributed by atoms with Crippen molar-refractivity contribution in [3.63, 3.8) is 0 Å². The highest BCUT2D eigenvalue weighted by atomic mass is 16.6. The molecule has 3 rings (SSSR count). The summed E-state index contributed by atoms with van der Waals surface area (Å²) in [5, 5.41) is 21.3. The molecule has 3 aliphatic heterocycles. The van der Waals surface area contributed by atoms with Crippen molar-refractivity contribution < 1.29 is 38.8 Å². The van der Waals surface area contributed by atoms with Crippen LogP contribution in [0.25, 0.3) is 0 Å². The molecule has 0 spiro atoms. The molecule has 2 fully saturated rings. The summed E-state index contributed by atoms with van der Waals surface area (Å²) in [6.45, 7) is 6.72. The molecule has 9 nitrogen and oxygen atoms in total. The number of aliphatic hydroxyl groups is 2. The van der Waals surface area contributed by atoms with Crippen molar-refractivity contribution in [2.45, 2.75) is 70.0 Å². The van der Waals surface area contributed by atoms with Crippen molar-refractivity contribution in [1.82, 2.24) is 4.90 Å². The molecule has 3 heterocycles. The smallest absolute Gasteiger partial charge is 0.350 e. The number of aliphatic hydroxyl groups excluding tert-OH is 1. The van der Waals surface area contributed by atoms with E-state index in [1.54, 1.807) is 6.92 Å². The fraction of sp³-hybridized carbons (Fsp3) is 0.750. The number of esters is 3. The van der Waals surface area contributed by atoms with Gasteiger partial charge in [0.1, 0.15) is 12.7 Å². The molecule has 0 saturated carbocycles. The van der Waals surface area contributed by atoms with E-state index < -0.39 is 47.2 Å². The largest absolute Gasteiger partial charge is 0.458 e. The number of nitrogens with zero attached hydrogens (tertiary/aromatic N) is 1. The lowest BCUT2D eigenvalue weighted by molar-refractivity contribution is -0.199. The summed E-state index contributed by atoms with van der Waals surface area (Å²) < 4.78 is 16.4. The zero-order chi connectivity index (χ0) is 21.6. The van der Waals surface area contributed by atoms with E-state index in [1.807, 2.05) is 6.08 Å². The minimum atomic E-state index is -2.27. The average molecular weight is 411 g/mol. The van der Waals surface area contributed by atoms with Gasteiger partial charge in [-0.05, 0) is 32.3 Å². The van der Waals surface area contributed by atoms with E-state index in [4.69, 9.17) is 14.2 Å². The molecule has 0 aromatic rings. The highest BCUT2D eigenvalue weighted by molar-refractivity contribution is 5.84. The van der Waals surface area contributed by atoms with E-state index in [0.717, 1.165) is 12.5 Å². The van der Waals surface area contributed by atoms with E-state index in [2.05, 4.69) is 4.90 Å². The summed E-state index contributed by atoms with van der Waals surface area (Å²) in [5.74, 6) is -3.26. The van der Waals surface area contributed by atoms with E-state index in [9.17, 15) is 24.6 Å². The Morgan fingerprint density at radius 2 is 2.07 bits per heavy atom. The molecule has 3 aliphatic rings. The number of carbonyl (C=O) groups is 3. The van der Waals surface area contributed by atoms with Crippen LogP contribution in [0.4, 0.5) is 0 Å². The molecule has 2 N–H and O–H groups in total. The summed E-state index contributed by atoms with van der Waals surface area (Å²) in [4.78, 5) is 39.6. The maximum Gasteiger partial charge on any atom is 0.350 e. The summed E-state index contributed by atoms with van der Waals surface area (Å²) in [7, 11) is 0. The number of cyclic esters (lactones) is 1. The fourth-order valence-corrected chi connectivity index (χ4v) is 4.39. The van der Waals surface area contributed by atoms with Crippen molar-refractivity contribution in [2.75, 3.05) is 19.7 Å². The van der Waals surface area contributed by atoms with Gasteiger partial charge < -0.3 is 24.4 Å². The molecule has 0 aromatic carbocycles. The van der Waals surface area contributed by atoms with Crippen LogP contribution in [0.3, 0.4) is 0 Å².